The molecule has 1 heterocycles. The van der Waals surface area contributed by atoms with Crippen LogP contribution in [-0.4, -0.2) is 16.1 Å². The van der Waals surface area contributed by atoms with E-state index in [0.717, 1.165) is 16.8 Å². The van der Waals surface area contributed by atoms with E-state index in [2.05, 4.69) is 10.3 Å². The van der Waals surface area contributed by atoms with E-state index < -0.39 is 12.0 Å². The minimum atomic E-state index is -0.887. The van der Waals surface area contributed by atoms with E-state index in [4.69, 9.17) is 0 Å². The van der Waals surface area contributed by atoms with Gasteiger partial charge >= 0.3 is 5.97 Å². The van der Waals surface area contributed by atoms with Gasteiger partial charge in [-0.25, -0.2) is 0 Å². The standard InChI is InChI=1S/C15H16N2O2/c1-11-5-4-6-12(9-11)14(15(18)19)17-10-13-7-2-3-8-16-13/h2-9,14,17H,10H2,1H3,(H,18,19). The summed E-state index contributed by atoms with van der Waals surface area (Å²) in [5.41, 5.74) is 2.62. The lowest BCUT2D eigenvalue weighted by Gasteiger charge is -2.15. The van der Waals surface area contributed by atoms with Crippen LogP contribution in [0.15, 0.2) is 48.7 Å². The molecule has 0 spiro atoms. The molecule has 0 amide bonds. The third-order valence-corrected chi connectivity index (χ3v) is 2.84. The van der Waals surface area contributed by atoms with Gasteiger partial charge in [0.15, 0.2) is 0 Å². The Balaban J connectivity index is 2.11. The lowest BCUT2D eigenvalue weighted by molar-refractivity contribution is -0.139. The average Bonchev–Trinajstić information content (AvgIpc) is 2.40. The summed E-state index contributed by atoms with van der Waals surface area (Å²) in [6, 6.07) is 12.4. The SMILES string of the molecule is Cc1cccc(C(NCc2ccccn2)C(=O)O)c1. The van der Waals surface area contributed by atoms with Crippen molar-refractivity contribution in [1.82, 2.24) is 10.3 Å². The Hall–Kier alpha value is -2.20. The third-order valence-electron chi connectivity index (χ3n) is 2.84. The molecule has 98 valence electrons. The summed E-state index contributed by atoms with van der Waals surface area (Å²) in [4.78, 5) is 15.5. The van der Waals surface area contributed by atoms with Gasteiger partial charge in [0.05, 0.1) is 5.69 Å². The molecule has 1 atom stereocenters. The van der Waals surface area contributed by atoms with Crippen LogP contribution in [-0.2, 0) is 11.3 Å². The number of rotatable bonds is 5. The average molecular weight is 256 g/mol. The van der Waals surface area contributed by atoms with Crippen LogP contribution in [0.1, 0.15) is 22.9 Å². The third kappa shape index (κ3) is 3.63. The number of nitrogens with zero attached hydrogens (tertiary/aromatic N) is 1. The first-order valence-corrected chi connectivity index (χ1v) is 6.09. The van der Waals surface area contributed by atoms with E-state index in [1.165, 1.54) is 0 Å². The largest absolute Gasteiger partial charge is 0.480 e. The van der Waals surface area contributed by atoms with E-state index in [9.17, 15) is 9.90 Å². The van der Waals surface area contributed by atoms with E-state index in [1.54, 1.807) is 6.20 Å². The molecule has 0 aliphatic carbocycles. The molecular formula is C15H16N2O2. The number of nitrogens with one attached hydrogen (secondary N) is 1. The summed E-state index contributed by atoms with van der Waals surface area (Å²) in [5, 5.41) is 12.3. The van der Waals surface area contributed by atoms with Gasteiger partial charge in [-0.3, -0.25) is 15.1 Å². The molecule has 0 aliphatic heterocycles. The number of carboxylic acids is 1. The summed E-state index contributed by atoms with van der Waals surface area (Å²) in [6.45, 7) is 2.37. The van der Waals surface area contributed by atoms with Crippen molar-refractivity contribution >= 4 is 5.97 Å². The first-order chi connectivity index (χ1) is 9.16. The van der Waals surface area contributed by atoms with Crippen molar-refractivity contribution in [2.45, 2.75) is 19.5 Å². The summed E-state index contributed by atoms with van der Waals surface area (Å²) in [6.07, 6.45) is 1.69. The lowest BCUT2D eigenvalue weighted by Crippen LogP contribution is -2.28. The van der Waals surface area contributed by atoms with Crippen LogP contribution in [0.4, 0.5) is 0 Å². The molecule has 1 aromatic heterocycles. The zero-order valence-corrected chi connectivity index (χ0v) is 10.7. The molecule has 2 rings (SSSR count). The van der Waals surface area contributed by atoms with E-state index in [1.807, 2.05) is 49.4 Å². The molecule has 4 nitrogen and oxygen atoms in total. The van der Waals surface area contributed by atoms with E-state index >= 15 is 0 Å². The monoisotopic (exact) mass is 256 g/mol. The number of pyridine rings is 1. The number of benzene rings is 1. The summed E-state index contributed by atoms with van der Waals surface area (Å²) >= 11 is 0. The normalized spacial score (nSPS) is 12.1. The van der Waals surface area contributed by atoms with Crippen LogP contribution in [0.3, 0.4) is 0 Å². The van der Waals surface area contributed by atoms with Gasteiger partial charge in [0.25, 0.3) is 0 Å². The predicted molar refractivity (Wildman–Crippen MR) is 72.6 cm³/mol. The minimum Gasteiger partial charge on any atom is -0.480 e. The summed E-state index contributed by atoms with van der Waals surface area (Å²) in [5.74, 6) is -0.887. The predicted octanol–water partition coefficient (Wildman–Crippen LogP) is 2.31. The van der Waals surface area contributed by atoms with Crippen LogP contribution >= 0.6 is 0 Å². The van der Waals surface area contributed by atoms with Crippen LogP contribution in [0.2, 0.25) is 0 Å². The highest BCUT2D eigenvalue weighted by Gasteiger charge is 2.19. The first kappa shape index (κ1) is 13.2. The number of carboxylic acid groups (broad SMARTS) is 1. The molecule has 0 saturated carbocycles. The van der Waals surface area contributed by atoms with Crippen molar-refractivity contribution in [3.63, 3.8) is 0 Å². The van der Waals surface area contributed by atoms with Crippen molar-refractivity contribution in [3.8, 4) is 0 Å². The van der Waals surface area contributed by atoms with E-state index in [-0.39, 0.29) is 0 Å². The van der Waals surface area contributed by atoms with Gasteiger partial charge in [0.2, 0.25) is 0 Å². The van der Waals surface area contributed by atoms with Gasteiger partial charge < -0.3 is 5.11 Å². The molecule has 2 N–H and O–H groups in total. The Kier molecular flexibility index (Phi) is 4.26. The topological polar surface area (TPSA) is 62.2 Å². The van der Waals surface area contributed by atoms with Gasteiger partial charge in [-0.05, 0) is 24.6 Å². The highest BCUT2D eigenvalue weighted by atomic mass is 16.4. The lowest BCUT2D eigenvalue weighted by atomic mass is 10.0. The van der Waals surface area contributed by atoms with Crippen molar-refractivity contribution in [2.24, 2.45) is 0 Å². The van der Waals surface area contributed by atoms with Crippen LogP contribution in [0, 0.1) is 6.92 Å². The van der Waals surface area contributed by atoms with Crippen LogP contribution in [0.5, 0.6) is 0 Å². The summed E-state index contributed by atoms with van der Waals surface area (Å²) in [7, 11) is 0. The molecule has 19 heavy (non-hydrogen) atoms. The van der Waals surface area contributed by atoms with Gasteiger partial charge in [-0.15, -0.1) is 0 Å². The van der Waals surface area contributed by atoms with Crippen molar-refractivity contribution < 1.29 is 9.90 Å². The molecule has 0 bridgehead atoms. The maximum atomic E-state index is 11.3. The number of aryl methyl sites for hydroxylation is 1. The van der Waals surface area contributed by atoms with Crippen molar-refractivity contribution in [1.29, 1.82) is 0 Å². The highest BCUT2D eigenvalue weighted by Crippen LogP contribution is 2.15. The molecular weight excluding hydrogens is 240 g/mol. The molecule has 0 saturated heterocycles. The molecule has 2 aromatic rings. The zero-order valence-electron chi connectivity index (χ0n) is 10.7. The van der Waals surface area contributed by atoms with Crippen LogP contribution < -0.4 is 5.32 Å². The van der Waals surface area contributed by atoms with Crippen molar-refractivity contribution in [3.05, 3.63) is 65.5 Å². The number of carbonyl (C=O) groups is 1. The fourth-order valence-electron chi connectivity index (χ4n) is 1.91. The molecule has 0 fully saturated rings. The maximum Gasteiger partial charge on any atom is 0.325 e. The first-order valence-electron chi connectivity index (χ1n) is 6.09. The molecule has 1 unspecified atom stereocenters. The van der Waals surface area contributed by atoms with Gasteiger partial charge in [0, 0.05) is 12.7 Å². The van der Waals surface area contributed by atoms with E-state index in [0.29, 0.717) is 6.54 Å². The summed E-state index contributed by atoms with van der Waals surface area (Å²) < 4.78 is 0. The fraction of sp³-hybridized carbons (Fsp3) is 0.200. The van der Waals surface area contributed by atoms with Gasteiger partial charge in [-0.2, -0.15) is 0 Å². The van der Waals surface area contributed by atoms with Gasteiger partial charge in [-0.1, -0.05) is 35.9 Å². The number of aromatic nitrogens is 1. The van der Waals surface area contributed by atoms with Crippen molar-refractivity contribution in [2.75, 3.05) is 0 Å². The second-order valence-corrected chi connectivity index (χ2v) is 4.39. The molecule has 0 aliphatic rings. The maximum absolute atomic E-state index is 11.3. The fourth-order valence-corrected chi connectivity index (χ4v) is 1.91. The number of hydrogen-bond donors (Lipinski definition) is 2. The Bertz CT molecular complexity index is 555. The Morgan fingerprint density at radius 2 is 2.16 bits per heavy atom. The quantitative estimate of drug-likeness (QED) is 0.861. The molecule has 0 radical (unpaired) electrons. The second kappa shape index (κ2) is 6.11. The van der Waals surface area contributed by atoms with Gasteiger partial charge in [0.1, 0.15) is 6.04 Å². The number of hydrogen-bond acceptors (Lipinski definition) is 3. The van der Waals surface area contributed by atoms with Crippen LogP contribution in [0.25, 0.3) is 0 Å². The second-order valence-electron chi connectivity index (χ2n) is 4.39. The molecule has 4 heteroatoms. The number of aliphatic carboxylic acids is 1. The zero-order chi connectivity index (χ0) is 13.7. The Morgan fingerprint density at radius 3 is 2.79 bits per heavy atom. The Morgan fingerprint density at radius 1 is 1.32 bits per heavy atom. The smallest absolute Gasteiger partial charge is 0.325 e. The highest BCUT2D eigenvalue weighted by molar-refractivity contribution is 5.75. The minimum absolute atomic E-state index is 0.422. The molecule has 1 aromatic carbocycles. The Labute approximate surface area is 112 Å².